The van der Waals surface area contributed by atoms with Crippen LogP contribution in [0.25, 0.3) is 0 Å². The summed E-state index contributed by atoms with van der Waals surface area (Å²) in [7, 11) is 0. The fraction of sp³-hybridized carbons (Fsp3) is 0.846. The molecule has 2 nitrogen and oxygen atoms in total. The molecule has 0 bridgehead atoms. The van der Waals surface area contributed by atoms with Gasteiger partial charge in [-0.2, -0.15) is 0 Å². The van der Waals surface area contributed by atoms with E-state index in [0.29, 0.717) is 6.04 Å². The fourth-order valence-electron chi connectivity index (χ4n) is 2.13. The molecule has 1 N–H and O–H groups in total. The van der Waals surface area contributed by atoms with E-state index in [1.165, 1.54) is 32.5 Å². The largest absolute Gasteiger partial charge is 0.317 e. The highest BCUT2D eigenvalue weighted by atomic mass is 15.1. The molecule has 0 aromatic heterocycles. The second-order valence-electron chi connectivity index (χ2n) is 4.81. The van der Waals surface area contributed by atoms with Gasteiger partial charge >= 0.3 is 0 Å². The third-order valence-electron chi connectivity index (χ3n) is 3.26. The zero-order valence-corrected chi connectivity index (χ0v) is 10.5. The SMILES string of the molecule is CC=CCN(CC1CCNCC1)C(C)C. The van der Waals surface area contributed by atoms with Crippen molar-refractivity contribution in [3.8, 4) is 0 Å². The van der Waals surface area contributed by atoms with Crippen molar-refractivity contribution >= 4 is 0 Å². The highest BCUT2D eigenvalue weighted by molar-refractivity contribution is 4.84. The minimum atomic E-state index is 0.663. The van der Waals surface area contributed by atoms with Gasteiger partial charge in [0.05, 0.1) is 0 Å². The van der Waals surface area contributed by atoms with Crippen molar-refractivity contribution in [3.63, 3.8) is 0 Å². The van der Waals surface area contributed by atoms with Gasteiger partial charge in [-0.25, -0.2) is 0 Å². The Kier molecular flexibility index (Phi) is 5.96. The minimum Gasteiger partial charge on any atom is -0.317 e. The van der Waals surface area contributed by atoms with Crippen LogP contribution in [0.1, 0.15) is 33.6 Å². The number of piperidine rings is 1. The molecule has 1 saturated heterocycles. The van der Waals surface area contributed by atoms with Crippen molar-refractivity contribution in [2.45, 2.75) is 39.7 Å². The molecule has 15 heavy (non-hydrogen) atoms. The summed E-state index contributed by atoms with van der Waals surface area (Å²) < 4.78 is 0. The molecule has 0 atom stereocenters. The average molecular weight is 210 g/mol. The zero-order chi connectivity index (χ0) is 11.1. The number of rotatable bonds is 5. The van der Waals surface area contributed by atoms with Crippen LogP contribution in [0.3, 0.4) is 0 Å². The van der Waals surface area contributed by atoms with E-state index in [4.69, 9.17) is 0 Å². The Morgan fingerprint density at radius 3 is 2.53 bits per heavy atom. The van der Waals surface area contributed by atoms with Gasteiger partial charge in [0.1, 0.15) is 0 Å². The second kappa shape index (κ2) is 7.02. The molecule has 1 aliphatic heterocycles. The summed E-state index contributed by atoms with van der Waals surface area (Å²) in [5.74, 6) is 0.902. The van der Waals surface area contributed by atoms with Crippen molar-refractivity contribution in [1.82, 2.24) is 10.2 Å². The van der Waals surface area contributed by atoms with E-state index in [-0.39, 0.29) is 0 Å². The quantitative estimate of drug-likeness (QED) is 0.700. The molecule has 0 radical (unpaired) electrons. The Balaban J connectivity index is 2.35. The predicted molar refractivity (Wildman–Crippen MR) is 67.1 cm³/mol. The molecule has 0 aromatic rings. The van der Waals surface area contributed by atoms with E-state index in [1.54, 1.807) is 0 Å². The summed E-state index contributed by atoms with van der Waals surface area (Å²) in [6.45, 7) is 11.5. The molecular formula is C13H26N2. The van der Waals surface area contributed by atoms with E-state index < -0.39 is 0 Å². The molecule has 0 aliphatic carbocycles. The Morgan fingerprint density at radius 2 is 2.00 bits per heavy atom. The maximum absolute atomic E-state index is 3.43. The molecule has 0 aromatic carbocycles. The van der Waals surface area contributed by atoms with Crippen LogP contribution < -0.4 is 5.32 Å². The Labute approximate surface area is 94.7 Å². The molecule has 1 aliphatic rings. The van der Waals surface area contributed by atoms with Crippen LogP contribution in [-0.2, 0) is 0 Å². The maximum atomic E-state index is 3.43. The molecule has 1 heterocycles. The fourth-order valence-corrected chi connectivity index (χ4v) is 2.13. The van der Waals surface area contributed by atoms with Crippen molar-refractivity contribution in [2.75, 3.05) is 26.2 Å². The summed E-state index contributed by atoms with van der Waals surface area (Å²) >= 11 is 0. The van der Waals surface area contributed by atoms with Gasteiger partial charge < -0.3 is 5.32 Å². The van der Waals surface area contributed by atoms with E-state index >= 15 is 0 Å². The molecule has 0 saturated carbocycles. The highest BCUT2D eigenvalue weighted by Gasteiger charge is 2.17. The number of hydrogen-bond donors (Lipinski definition) is 1. The van der Waals surface area contributed by atoms with Crippen molar-refractivity contribution in [3.05, 3.63) is 12.2 Å². The van der Waals surface area contributed by atoms with Crippen LogP contribution >= 0.6 is 0 Å². The van der Waals surface area contributed by atoms with Gasteiger partial charge in [0.25, 0.3) is 0 Å². The third kappa shape index (κ3) is 4.80. The first-order chi connectivity index (χ1) is 7.24. The summed E-state index contributed by atoms with van der Waals surface area (Å²) in [6.07, 6.45) is 7.11. The van der Waals surface area contributed by atoms with Crippen LogP contribution in [0.15, 0.2) is 12.2 Å². The Morgan fingerprint density at radius 1 is 1.33 bits per heavy atom. The standard InChI is InChI=1S/C13H26N2/c1-4-5-10-15(12(2)3)11-13-6-8-14-9-7-13/h4-5,12-14H,6-11H2,1-3H3. The summed E-state index contributed by atoms with van der Waals surface area (Å²) in [5.41, 5.74) is 0. The minimum absolute atomic E-state index is 0.663. The van der Waals surface area contributed by atoms with Crippen LogP contribution in [0.4, 0.5) is 0 Å². The maximum Gasteiger partial charge on any atom is 0.0165 e. The lowest BCUT2D eigenvalue weighted by molar-refractivity contribution is 0.186. The number of allylic oxidation sites excluding steroid dienone is 1. The van der Waals surface area contributed by atoms with Gasteiger partial charge in [0.15, 0.2) is 0 Å². The van der Waals surface area contributed by atoms with Crippen LogP contribution in [-0.4, -0.2) is 37.1 Å². The monoisotopic (exact) mass is 210 g/mol. The third-order valence-corrected chi connectivity index (χ3v) is 3.26. The van der Waals surface area contributed by atoms with E-state index in [1.807, 2.05) is 0 Å². The summed E-state index contributed by atoms with van der Waals surface area (Å²) in [4.78, 5) is 2.58. The lowest BCUT2D eigenvalue weighted by Crippen LogP contribution is -2.39. The summed E-state index contributed by atoms with van der Waals surface area (Å²) in [6, 6.07) is 0.663. The van der Waals surface area contributed by atoms with Crippen LogP contribution in [0, 0.1) is 5.92 Å². The van der Waals surface area contributed by atoms with Crippen molar-refractivity contribution in [2.24, 2.45) is 5.92 Å². The molecule has 2 heteroatoms. The van der Waals surface area contributed by atoms with Gasteiger partial charge in [-0.1, -0.05) is 12.2 Å². The first-order valence-corrected chi connectivity index (χ1v) is 6.30. The predicted octanol–water partition coefficient (Wildman–Crippen LogP) is 2.27. The topological polar surface area (TPSA) is 15.3 Å². The van der Waals surface area contributed by atoms with E-state index in [2.05, 4.69) is 43.1 Å². The van der Waals surface area contributed by atoms with Crippen molar-refractivity contribution < 1.29 is 0 Å². The average Bonchev–Trinajstić information content (AvgIpc) is 2.25. The number of nitrogens with zero attached hydrogens (tertiary/aromatic N) is 1. The van der Waals surface area contributed by atoms with Gasteiger partial charge in [-0.15, -0.1) is 0 Å². The first-order valence-electron chi connectivity index (χ1n) is 6.30. The van der Waals surface area contributed by atoms with Gasteiger partial charge in [0.2, 0.25) is 0 Å². The Bertz CT molecular complexity index is 181. The molecule has 0 spiro atoms. The van der Waals surface area contributed by atoms with Crippen LogP contribution in [0.5, 0.6) is 0 Å². The van der Waals surface area contributed by atoms with Gasteiger partial charge in [0, 0.05) is 19.1 Å². The van der Waals surface area contributed by atoms with E-state index in [0.717, 1.165) is 12.5 Å². The van der Waals surface area contributed by atoms with E-state index in [9.17, 15) is 0 Å². The van der Waals surface area contributed by atoms with Gasteiger partial charge in [-0.3, -0.25) is 4.90 Å². The van der Waals surface area contributed by atoms with Crippen molar-refractivity contribution in [1.29, 1.82) is 0 Å². The Hall–Kier alpha value is -0.340. The lowest BCUT2D eigenvalue weighted by atomic mass is 9.97. The second-order valence-corrected chi connectivity index (χ2v) is 4.81. The highest BCUT2D eigenvalue weighted by Crippen LogP contribution is 2.14. The van der Waals surface area contributed by atoms with Gasteiger partial charge in [-0.05, 0) is 52.6 Å². The lowest BCUT2D eigenvalue weighted by Gasteiger charge is -2.32. The normalized spacial score (nSPS) is 19.5. The smallest absolute Gasteiger partial charge is 0.0165 e. The molecule has 0 amide bonds. The number of hydrogen-bond acceptors (Lipinski definition) is 2. The molecule has 0 unspecified atom stereocenters. The summed E-state index contributed by atoms with van der Waals surface area (Å²) in [5, 5.41) is 3.43. The number of nitrogens with one attached hydrogen (secondary N) is 1. The zero-order valence-electron chi connectivity index (χ0n) is 10.5. The first kappa shape index (κ1) is 12.7. The molecule has 88 valence electrons. The molecule has 1 rings (SSSR count). The van der Waals surface area contributed by atoms with Crippen LogP contribution in [0.2, 0.25) is 0 Å². The molecular weight excluding hydrogens is 184 g/mol. The molecule has 1 fully saturated rings.